The molecule has 3 N–H and O–H groups in total. The molecule has 0 saturated heterocycles. The molecule has 26 heavy (non-hydrogen) atoms. The van der Waals surface area contributed by atoms with Crippen LogP contribution in [0.1, 0.15) is 16.1 Å². The van der Waals surface area contributed by atoms with Crippen molar-refractivity contribution in [1.82, 2.24) is 21.0 Å². The van der Waals surface area contributed by atoms with E-state index in [1.54, 1.807) is 30.3 Å². The first kappa shape index (κ1) is 17.4. The predicted molar refractivity (Wildman–Crippen MR) is 100 cm³/mol. The molecular formula is C19H15ClN4O2. The quantitative estimate of drug-likeness (QED) is 0.489. The molecule has 7 heteroatoms. The maximum Gasteiger partial charge on any atom is 0.287 e. The van der Waals surface area contributed by atoms with Crippen LogP contribution in [0, 0.1) is 0 Å². The fraction of sp³-hybridized carbons (Fsp3) is 0. The monoisotopic (exact) mass is 366 g/mol. The van der Waals surface area contributed by atoms with Crippen molar-refractivity contribution in [2.24, 2.45) is 0 Å². The van der Waals surface area contributed by atoms with Gasteiger partial charge in [-0.3, -0.25) is 25.5 Å². The van der Waals surface area contributed by atoms with E-state index in [2.05, 4.69) is 21.0 Å². The minimum atomic E-state index is -0.501. The van der Waals surface area contributed by atoms with Crippen molar-refractivity contribution in [1.29, 1.82) is 0 Å². The maximum absolute atomic E-state index is 12.1. The standard InChI is InChI=1S/C19H15ClN4O2/c20-15-9-5-4-6-13(15)10-11-18(25)23-24-19(26)17-12-16(21-22-17)14-7-2-1-3-8-14/h1-12H,(H,21,22)(H,23,25)(H,24,26)/b11-10+. The van der Waals surface area contributed by atoms with Crippen LogP contribution in [0.5, 0.6) is 0 Å². The lowest BCUT2D eigenvalue weighted by molar-refractivity contribution is -0.117. The number of nitrogens with zero attached hydrogens (tertiary/aromatic N) is 1. The van der Waals surface area contributed by atoms with Gasteiger partial charge >= 0.3 is 0 Å². The van der Waals surface area contributed by atoms with E-state index >= 15 is 0 Å². The molecule has 0 fully saturated rings. The second-order valence-electron chi connectivity index (χ2n) is 5.33. The van der Waals surface area contributed by atoms with Crippen LogP contribution in [-0.4, -0.2) is 22.0 Å². The van der Waals surface area contributed by atoms with E-state index < -0.39 is 11.8 Å². The molecule has 0 atom stereocenters. The first-order valence-corrected chi connectivity index (χ1v) is 8.15. The molecular weight excluding hydrogens is 352 g/mol. The number of carbonyl (C=O) groups is 2. The lowest BCUT2D eigenvalue weighted by Crippen LogP contribution is -2.40. The van der Waals surface area contributed by atoms with E-state index in [1.807, 2.05) is 36.4 Å². The summed E-state index contributed by atoms with van der Waals surface area (Å²) in [5.41, 5.74) is 7.09. The summed E-state index contributed by atoms with van der Waals surface area (Å²) in [6.07, 6.45) is 2.84. The van der Waals surface area contributed by atoms with Gasteiger partial charge in [0.2, 0.25) is 0 Å². The van der Waals surface area contributed by atoms with Crippen LogP contribution in [0.2, 0.25) is 5.02 Å². The number of carbonyl (C=O) groups excluding carboxylic acids is 2. The zero-order valence-corrected chi connectivity index (χ0v) is 14.3. The molecule has 1 aromatic heterocycles. The zero-order valence-electron chi connectivity index (χ0n) is 13.6. The number of benzene rings is 2. The minimum Gasteiger partial charge on any atom is -0.272 e. The summed E-state index contributed by atoms with van der Waals surface area (Å²) in [5, 5.41) is 7.27. The molecule has 1 heterocycles. The molecule has 0 bridgehead atoms. The number of hydrazine groups is 1. The third-order valence-electron chi connectivity index (χ3n) is 3.51. The van der Waals surface area contributed by atoms with Gasteiger partial charge in [-0.1, -0.05) is 60.1 Å². The largest absolute Gasteiger partial charge is 0.287 e. The van der Waals surface area contributed by atoms with Gasteiger partial charge in [0.15, 0.2) is 0 Å². The summed E-state index contributed by atoms with van der Waals surface area (Å²) in [6.45, 7) is 0. The van der Waals surface area contributed by atoms with Gasteiger partial charge in [0, 0.05) is 16.7 Å². The summed E-state index contributed by atoms with van der Waals surface area (Å²) in [7, 11) is 0. The van der Waals surface area contributed by atoms with E-state index in [0.29, 0.717) is 16.3 Å². The number of hydrogen-bond acceptors (Lipinski definition) is 3. The van der Waals surface area contributed by atoms with Gasteiger partial charge in [-0.25, -0.2) is 0 Å². The lowest BCUT2D eigenvalue weighted by Gasteiger charge is -2.03. The molecule has 130 valence electrons. The van der Waals surface area contributed by atoms with Gasteiger partial charge in [0.05, 0.1) is 5.69 Å². The van der Waals surface area contributed by atoms with Gasteiger partial charge in [-0.2, -0.15) is 5.10 Å². The molecule has 0 unspecified atom stereocenters. The molecule has 2 aromatic carbocycles. The predicted octanol–water partition coefficient (Wildman–Crippen LogP) is 3.20. The highest BCUT2D eigenvalue weighted by Gasteiger charge is 2.11. The Morgan fingerprint density at radius 1 is 1.00 bits per heavy atom. The Labute approximate surface area is 154 Å². The van der Waals surface area contributed by atoms with Crippen molar-refractivity contribution in [3.05, 3.63) is 83.0 Å². The van der Waals surface area contributed by atoms with Crippen LogP contribution in [-0.2, 0) is 4.79 Å². The average Bonchev–Trinajstić information content (AvgIpc) is 3.16. The van der Waals surface area contributed by atoms with Gasteiger partial charge in [0.25, 0.3) is 11.8 Å². The van der Waals surface area contributed by atoms with Crippen LogP contribution >= 0.6 is 11.6 Å². The highest BCUT2D eigenvalue weighted by molar-refractivity contribution is 6.32. The molecule has 0 saturated carbocycles. The number of aromatic amines is 1. The second kappa shape index (κ2) is 8.13. The van der Waals surface area contributed by atoms with Gasteiger partial charge in [0.1, 0.15) is 5.69 Å². The minimum absolute atomic E-state index is 0.235. The van der Waals surface area contributed by atoms with E-state index in [9.17, 15) is 9.59 Å². The Morgan fingerprint density at radius 3 is 2.50 bits per heavy atom. The second-order valence-corrected chi connectivity index (χ2v) is 5.74. The van der Waals surface area contributed by atoms with E-state index in [1.165, 1.54) is 6.08 Å². The van der Waals surface area contributed by atoms with Gasteiger partial charge in [-0.05, 0) is 23.8 Å². The smallest absolute Gasteiger partial charge is 0.272 e. The molecule has 0 aliphatic carbocycles. The zero-order chi connectivity index (χ0) is 18.4. The summed E-state index contributed by atoms with van der Waals surface area (Å²) < 4.78 is 0. The third kappa shape index (κ3) is 4.37. The Balaban J connectivity index is 1.56. The summed E-state index contributed by atoms with van der Waals surface area (Å²) >= 11 is 6.00. The Hall–Kier alpha value is -3.38. The van der Waals surface area contributed by atoms with Crippen LogP contribution < -0.4 is 10.9 Å². The number of hydrogen-bond donors (Lipinski definition) is 3. The number of halogens is 1. The molecule has 3 rings (SSSR count). The number of aromatic nitrogens is 2. The van der Waals surface area contributed by atoms with Crippen molar-refractivity contribution in [3.8, 4) is 11.3 Å². The molecule has 3 aromatic rings. The van der Waals surface area contributed by atoms with E-state index in [-0.39, 0.29) is 5.69 Å². The van der Waals surface area contributed by atoms with Crippen molar-refractivity contribution < 1.29 is 9.59 Å². The fourth-order valence-electron chi connectivity index (χ4n) is 2.20. The van der Waals surface area contributed by atoms with Crippen molar-refractivity contribution in [2.75, 3.05) is 0 Å². The van der Waals surface area contributed by atoms with Gasteiger partial charge in [-0.15, -0.1) is 0 Å². The maximum atomic E-state index is 12.1. The summed E-state index contributed by atoms with van der Waals surface area (Å²) in [4.78, 5) is 23.9. The van der Waals surface area contributed by atoms with E-state index in [4.69, 9.17) is 11.6 Å². The van der Waals surface area contributed by atoms with E-state index in [0.717, 1.165) is 5.56 Å². The highest BCUT2D eigenvalue weighted by Crippen LogP contribution is 2.17. The Morgan fingerprint density at radius 2 is 1.73 bits per heavy atom. The lowest BCUT2D eigenvalue weighted by atomic mass is 10.1. The van der Waals surface area contributed by atoms with Crippen LogP contribution in [0.4, 0.5) is 0 Å². The molecule has 2 amide bonds. The summed E-state index contributed by atoms with van der Waals surface area (Å²) in [5.74, 6) is -0.986. The van der Waals surface area contributed by atoms with Crippen molar-refractivity contribution in [2.45, 2.75) is 0 Å². The third-order valence-corrected chi connectivity index (χ3v) is 3.85. The fourth-order valence-corrected chi connectivity index (χ4v) is 2.40. The molecule has 6 nitrogen and oxygen atoms in total. The van der Waals surface area contributed by atoms with Gasteiger partial charge < -0.3 is 0 Å². The number of H-pyrrole nitrogens is 1. The SMILES string of the molecule is O=C(/C=C/c1ccccc1Cl)NNC(=O)c1cc(-c2ccccc2)n[nH]1. The summed E-state index contributed by atoms with van der Waals surface area (Å²) in [6, 6.07) is 18.2. The average molecular weight is 367 g/mol. The number of rotatable bonds is 4. The highest BCUT2D eigenvalue weighted by atomic mass is 35.5. The topological polar surface area (TPSA) is 86.9 Å². The first-order chi connectivity index (χ1) is 12.6. The van der Waals surface area contributed by atoms with Crippen molar-refractivity contribution >= 4 is 29.5 Å². The Kier molecular flexibility index (Phi) is 5.46. The normalized spacial score (nSPS) is 10.7. The molecule has 0 radical (unpaired) electrons. The first-order valence-electron chi connectivity index (χ1n) is 7.77. The van der Waals surface area contributed by atoms with Crippen LogP contribution in [0.25, 0.3) is 17.3 Å². The van der Waals surface area contributed by atoms with Crippen molar-refractivity contribution in [3.63, 3.8) is 0 Å². The molecule has 0 aliphatic rings. The Bertz CT molecular complexity index is 951. The van der Waals surface area contributed by atoms with Crippen LogP contribution in [0.15, 0.2) is 66.7 Å². The molecule has 0 aliphatic heterocycles. The van der Waals surface area contributed by atoms with Crippen LogP contribution in [0.3, 0.4) is 0 Å². The number of nitrogens with one attached hydrogen (secondary N) is 3. The molecule has 0 spiro atoms. The number of amides is 2.